The summed E-state index contributed by atoms with van der Waals surface area (Å²) in [5.41, 5.74) is 2.91. The van der Waals surface area contributed by atoms with Crippen LogP contribution in [0.2, 0.25) is 0 Å². The summed E-state index contributed by atoms with van der Waals surface area (Å²) in [6, 6.07) is 0.663. The van der Waals surface area contributed by atoms with Gasteiger partial charge in [0.1, 0.15) is 5.82 Å². The van der Waals surface area contributed by atoms with Crippen LogP contribution in [0.3, 0.4) is 0 Å². The summed E-state index contributed by atoms with van der Waals surface area (Å²) < 4.78 is 2.54. The first-order valence-corrected chi connectivity index (χ1v) is 7.10. The third kappa shape index (κ3) is 1.90. The maximum atomic E-state index is 4.87. The zero-order valence-electron chi connectivity index (χ0n) is 11.1. The van der Waals surface area contributed by atoms with Gasteiger partial charge in [-0.05, 0) is 32.7 Å². The molecule has 94 valence electrons. The SMILES string of the molecule is CCCN1CCc2nc3n(c2C1)C(C)CCC3. The Balaban J connectivity index is 1.92. The Morgan fingerprint density at radius 1 is 1.35 bits per heavy atom. The van der Waals surface area contributed by atoms with Crippen LogP contribution in [0.1, 0.15) is 56.4 Å². The Labute approximate surface area is 104 Å². The molecule has 0 aromatic carbocycles. The van der Waals surface area contributed by atoms with Crippen LogP contribution in [0.5, 0.6) is 0 Å². The lowest BCUT2D eigenvalue weighted by molar-refractivity contribution is 0.241. The fourth-order valence-corrected chi connectivity index (χ4v) is 3.38. The lowest BCUT2D eigenvalue weighted by atomic mass is 10.0. The number of hydrogen-bond acceptors (Lipinski definition) is 2. The third-order valence-corrected chi connectivity index (χ3v) is 4.21. The van der Waals surface area contributed by atoms with Crippen molar-refractivity contribution < 1.29 is 0 Å². The van der Waals surface area contributed by atoms with Crippen molar-refractivity contribution >= 4 is 0 Å². The number of imidazole rings is 1. The lowest BCUT2D eigenvalue weighted by Gasteiger charge is -2.30. The predicted octanol–water partition coefficient (Wildman–Crippen LogP) is 2.55. The molecule has 2 aliphatic rings. The smallest absolute Gasteiger partial charge is 0.109 e. The minimum atomic E-state index is 0.663. The van der Waals surface area contributed by atoms with Gasteiger partial charge in [0.05, 0.1) is 11.4 Å². The average molecular weight is 233 g/mol. The molecule has 3 rings (SSSR count). The van der Waals surface area contributed by atoms with E-state index in [0.29, 0.717) is 6.04 Å². The van der Waals surface area contributed by atoms with Gasteiger partial charge < -0.3 is 4.57 Å². The molecule has 0 aliphatic carbocycles. The molecule has 0 spiro atoms. The highest BCUT2D eigenvalue weighted by Crippen LogP contribution is 2.30. The Bertz CT molecular complexity index is 408. The van der Waals surface area contributed by atoms with Gasteiger partial charge in [0.25, 0.3) is 0 Å². The molecule has 17 heavy (non-hydrogen) atoms. The molecular formula is C14H23N3. The van der Waals surface area contributed by atoms with Crippen LogP contribution >= 0.6 is 0 Å². The zero-order chi connectivity index (χ0) is 11.8. The highest BCUT2D eigenvalue weighted by Gasteiger charge is 2.27. The van der Waals surface area contributed by atoms with E-state index in [2.05, 4.69) is 23.3 Å². The summed E-state index contributed by atoms with van der Waals surface area (Å²) in [7, 11) is 0. The van der Waals surface area contributed by atoms with Crippen LogP contribution in [0, 0.1) is 0 Å². The van der Waals surface area contributed by atoms with E-state index in [-0.39, 0.29) is 0 Å². The van der Waals surface area contributed by atoms with Crippen molar-refractivity contribution in [3.8, 4) is 0 Å². The molecule has 1 aromatic heterocycles. The first kappa shape index (κ1) is 11.3. The van der Waals surface area contributed by atoms with Crippen LogP contribution in [0.15, 0.2) is 0 Å². The van der Waals surface area contributed by atoms with Crippen molar-refractivity contribution in [3.63, 3.8) is 0 Å². The Kier molecular flexibility index (Phi) is 2.95. The number of nitrogens with zero attached hydrogens (tertiary/aromatic N) is 3. The molecule has 0 bridgehead atoms. The molecular weight excluding hydrogens is 210 g/mol. The second kappa shape index (κ2) is 4.45. The van der Waals surface area contributed by atoms with Crippen molar-refractivity contribution in [2.24, 2.45) is 0 Å². The van der Waals surface area contributed by atoms with Crippen molar-refractivity contribution in [2.45, 2.75) is 58.5 Å². The predicted molar refractivity (Wildman–Crippen MR) is 69.1 cm³/mol. The second-order valence-corrected chi connectivity index (χ2v) is 5.56. The van der Waals surface area contributed by atoms with E-state index in [1.807, 2.05) is 0 Å². The monoisotopic (exact) mass is 233 g/mol. The van der Waals surface area contributed by atoms with Crippen molar-refractivity contribution in [1.82, 2.24) is 14.5 Å². The molecule has 1 unspecified atom stereocenters. The van der Waals surface area contributed by atoms with Gasteiger partial charge in [0.2, 0.25) is 0 Å². The van der Waals surface area contributed by atoms with Crippen LogP contribution in [-0.4, -0.2) is 27.5 Å². The molecule has 3 nitrogen and oxygen atoms in total. The van der Waals surface area contributed by atoms with Gasteiger partial charge >= 0.3 is 0 Å². The van der Waals surface area contributed by atoms with Gasteiger partial charge in [-0.3, -0.25) is 4.90 Å². The number of rotatable bonds is 2. The number of aromatic nitrogens is 2. The molecule has 0 saturated carbocycles. The molecule has 0 N–H and O–H groups in total. The molecule has 0 fully saturated rings. The fraction of sp³-hybridized carbons (Fsp3) is 0.786. The minimum absolute atomic E-state index is 0.663. The van der Waals surface area contributed by atoms with Gasteiger partial charge in [-0.1, -0.05) is 6.92 Å². The standard InChI is InChI=1S/C14H23N3/c1-3-8-16-9-7-12-13(10-16)17-11(2)5-4-6-14(17)15-12/h11H,3-10H2,1-2H3. The van der Waals surface area contributed by atoms with E-state index in [4.69, 9.17) is 4.98 Å². The molecule has 1 aromatic rings. The molecule has 0 radical (unpaired) electrons. The molecule has 3 heteroatoms. The molecule has 2 aliphatic heterocycles. The summed E-state index contributed by atoms with van der Waals surface area (Å²) in [4.78, 5) is 7.45. The number of hydrogen-bond donors (Lipinski definition) is 0. The summed E-state index contributed by atoms with van der Waals surface area (Å²) >= 11 is 0. The van der Waals surface area contributed by atoms with E-state index in [9.17, 15) is 0 Å². The van der Waals surface area contributed by atoms with E-state index >= 15 is 0 Å². The maximum Gasteiger partial charge on any atom is 0.109 e. The second-order valence-electron chi connectivity index (χ2n) is 5.56. The molecule has 1 atom stereocenters. The normalized spacial score (nSPS) is 24.5. The third-order valence-electron chi connectivity index (χ3n) is 4.21. The first-order valence-electron chi connectivity index (χ1n) is 7.10. The van der Waals surface area contributed by atoms with Gasteiger partial charge in [-0.15, -0.1) is 0 Å². The quantitative estimate of drug-likeness (QED) is 0.782. The summed E-state index contributed by atoms with van der Waals surface area (Å²) in [6.45, 7) is 8.17. The van der Waals surface area contributed by atoms with E-state index < -0.39 is 0 Å². The Morgan fingerprint density at radius 3 is 3.06 bits per heavy atom. The largest absolute Gasteiger partial charge is 0.328 e. The molecule has 0 amide bonds. The van der Waals surface area contributed by atoms with Crippen molar-refractivity contribution in [2.75, 3.05) is 13.1 Å². The van der Waals surface area contributed by atoms with E-state index in [1.165, 1.54) is 56.0 Å². The maximum absolute atomic E-state index is 4.87. The van der Waals surface area contributed by atoms with Gasteiger partial charge in [-0.2, -0.15) is 0 Å². The highest BCUT2D eigenvalue weighted by atomic mass is 15.2. The lowest BCUT2D eigenvalue weighted by Crippen LogP contribution is -2.33. The Morgan fingerprint density at radius 2 is 2.24 bits per heavy atom. The highest BCUT2D eigenvalue weighted by molar-refractivity contribution is 5.22. The van der Waals surface area contributed by atoms with Crippen molar-refractivity contribution in [1.29, 1.82) is 0 Å². The Hall–Kier alpha value is -0.830. The van der Waals surface area contributed by atoms with Crippen LogP contribution in [0.25, 0.3) is 0 Å². The van der Waals surface area contributed by atoms with E-state index in [1.54, 1.807) is 0 Å². The van der Waals surface area contributed by atoms with Crippen molar-refractivity contribution in [3.05, 3.63) is 17.2 Å². The topological polar surface area (TPSA) is 21.1 Å². The van der Waals surface area contributed by atoms with Crippen LogP contribution in [0.4, 0.5) is 0 Å². The minimum Gasteiger partial charge on any atom is -0.328 e. The molecule has 0 saturated heterocycles. The van der Waals surface area contributed by atoms with Crippen LogP contribution < -0.4 is 0 Å². The van der Waals surface area contributed by atoms with E-state index in [0.717, 1.165) is 13.0 Å². The fourth-order valence-electron chi connectivity index (χ4n) is 3.38. The zero-order valence-corrected chi connectivity index (χ0v) is 11.1. The average Bonchev–Trinajstić information content (AvgIpc) is 2.68. The van der Waals surface area contributed by atoms with Crippen LogP contribution in [-0.2, 0) is 19.4 Å². The summed E-state index contributed by atoms with van der Waals surface area (Å²) in [5, 5.41) is 0. The number of fused-ring (bicyclic) bond motifs is 3. The summed E-state index contributed by atoms with van der Waals surface area (Å²) in [5.74, 6) is 1.35. The van der Waals surface area contributed by atoms with Gasteiger partial charge in [-0.25, -0.2) is 4.98 Å². The number of aryl methyl sites for hydroxylation is 1. The molecule has 3 heterocycles. The van der Waals surface area contributed by atoms with Gasteiger partial charge in [0.15, 0.2) is 0 Å². The summed E-state index contributed by atoms with van der Waals surface area (Å²) in [6.07, 6.45) is 6.23. The van der Waals surface area contributed by atoms with Gasteiger partial charge in [0, 0.05) is 32.0 Å². The first-order chi connectivity index (χ1) is 8.29.